The fourth-order valence-electron chi connectivity index (χ4n) is 2.89. The van der Waals surface area contributed by atoms with E-state index < -0.39 is 0 Å². The fourth-order valence-corrected chi connectivity index (χ4v) is 10.4. The number of ketones is 1. The van der Waals surface area contributed by atoms with Gasteiger partial charge in [0.15, 0.2) is 0 Å². The van der Waals surface area contributed by atoms with E-state index in [1.54, 1.807) is 68.0 Å². The molecule has 0 spiro atoms. The first kappa shape index (κ1) is 14.1. The Kier molecular flexibility index (Phi) is 2.92. The summed E-state index contributed by atoms with van der Waals surface area (Å²) >= 11 is 10.4. The molecule has 6 rings (SSSR count). The Morgan fingerprint density at radius 3 is 1.62 bits per heavy atom. The maximum absolute atomic E-state index is 13.0. The Morgan fingerprint density at radius 1 is 0.625 bits per heavy atom. The van der Waals surface area contributed by atoms with Crippen LogP contribution in [-0.4, -0.2) is 5.78 Å². The van der Waals surface area contributed by atoms with Gasteiger partial charge in [0.1, 0.15) is 0 Å². The van der Waals surface area contributed by atoms with Crippen LogP contribution in [0, 0.1) is 0 Å². The first-order valence-electron chi connectivity index (χ1n) is 7.12. The molecule has 0 saturated heterocycles. The highest BCUT2D eigenvalue weighted by Gasteiger charge is 2.20. The predicted octanol–water partition coefficient (Wildman–Crippen LogP) is 7.90. The van der Waals surface area contributed by atoms with E-state index >= 15 is 0 Å². The van der Waals surface area contributed by atoms with Crippen LogP contribution in [-0.2, 0) is 0 Å². The standard InChI is InChI=1S/C17H6OS6/c18-13(9-5-11-16(23-9)14-7(21-11)1-3-19-14)10-6-12-17(24-10)15-8(22-12)2-4-20-15/h1-6H. The number of rotatable bonds is 2. The molecule has 1 nitrogen and oxygen atoms in total. The van der Waals surface area contributed by atoms with Crippen LogP contribution >= 0.6 is 68.0 Å². The lowest BCUT2D eigenvalue weighted by Gasteiger charge is -1.91. The summed E-state index contributed by atoms with van der Waals surface area (Å²) in [6, 6.07) is 8.49. The van der Waals surface area contributed by atoms with E-state index in [-0.39, 0.29) is 5.78 Å². The number of fused-ring (bicyclic) bond motifs is 6. The lowest BCUT2D eigenvalue weighted by molar-refractivity contribution is 0.104. The molecule has 6 heterocycles. The molecule has 0 radical (unpaired) electrons. The van der Waals surface area contributed by atoms with Crippen molar-refractivity contribution in [3.05, 3.63) is 44.8 Å². The number of hydrogen-bond acceptors (Lipinski definition) is 7. The summed E-state index contributed by atoms with van der Waals surface area (Å²) in [7, 11) is 0. The van der Waals surface area contributed by atoms with Crippen LogP contribution in [0.1, 0.15) is 14.5 Å². The summed E-state index contributed by atoms with van der Waals surface area (Å²) in [4.78, 5) is 14.7. The highest BCUT2D eigenvalue weighted by Crippen LogP contribution is 2.45. The van der Waals surface area contributed by atoms with Crippen LogP contribution in [0.2, 0.25) is 0 Å². The van der Waals surface area contributed by atoms with Crippen molar-refractivity contribution in [2.45, 2.75) is 0 Å². The molecular weight excluding hydrogens is 413 g/mol. The molecule has 0 amide bonds. The third-order valence-corrected chi connectivity index (χ3v) is 11.1. The van der Waals surface area contributed by atoms with Crippen LogP contribution < -0.4 is 0 Å². The van der Waals surface area contributed by atoms with Gasteiger partial charge in [0.05, 0.1) is 28.6 Å². The predicted molar refractivity (Wildman–Crippen MR) is 114 cm³/mol. The van der Waals surface area contributed by atoms with Gasteiger partial charge in [-0.05, 0) is 35.0 Å². The van der Waals surface area contributed by atoms with Crippen molar-refractivity contribution in [1.29, 1.82) is 0 Å². The molecule has 0 bridgehead atoms. The van der Waals surface area contributed by atoms with Gasteiger partial charge in [0.2, 0.25) is 5.78 Å². The molecule has 24 heavy (non-hydrogen) atoms. The molecule has 0 unspecified atom stereocenters. The topological polar surface area (TPSA) is 17.1 Å². The van der Waals surface area contributed by atoms with Crippen LogP contribution in [0.15, 0.2) is 35.0 Å². The Hall–Kier alpha value is -1.09. The second-order valence-corrected chi connectivity index (χ2v) is 11.5. The van der Waals surface area contributed by atoms with Gasteiger partial charge in [0.25, 0.3) is 0 Å². The minimum atomic E-state index is 0.172. The van der Waals surface area contributed by atoms with E-state index in [1.807, 2.05) is 0 Å². The monoisotopic (exact) mass is 418 g/mol. The minimum absolute atomic E-state index is 0.172. The van der Waals surface area contributed by atoms with Gasteiger partial charge < -0.3 is 0 Å². The van der Waals surface area contributed by atoms with Crippen molar-refractivity contribution in [2.75, 3.05) is 0 Å². The normalized spacial score (nSPS) is 12.3. The Labute approximate surface area is 160 Å². The molecule has 0 aliphatic rings. The summed E-state index contributed by atoms with van der Waals surface area (Å²) in [6.45, 7) is 0. The first-order valence-corrected chi connectivity index (χ1v) is 12.1. The molecule has 0 aliphatic carbocycles. The van der Waals surface area contributed by atoms with Crippen molar-refractivity contribution in [2.24, 2.45) is 0 Å². The Bertz CT molecular complexity index is 1270. The van der Waals surface area contributed by atoms with Crippen LogP contribution in [0.4, 0.5) is 0 Å². The van der Waals surface area contributed by atoms with E-state index in [1.165, 1.54) is 37.6 Å². The quantitative estimate of drug-likeness (QED) is 0.261. The maximum atomic E-state index is 13.0. The average molecular weight is 419 g/mol. The highest BCUT2D eigenvalue weighted by molar-refractivity contribution is 7.40. The van der Waals surface area contributed by atoms with Gasteiger partial charge in [-0.2, -0.15) is 0 Å². The molecule has 0 saturated carbocycles. The number of carbonyl (C=O) groups excluding carboxylic acids is 1. The van der Waals surface area contributed by atoms with Gasteiger partial charge in [0, 0.05) is 18.8 Å². The van der Waals surface area contributed by atoms with E-state index in [4.69, 9.17) is 0 Å². The molecule has 0 aromatic carbocycles. The summed E-state index contributed by atoms with van der Waals surface area (Å²) in [6.07, 6.45) is 0. The number of thiophene rings is 6. The molecule has 6 aromatic heterocycles. The van der Waals surface area contributed by atoms with Crippen molar-refractivity contribution in [3.63, 3.8) is 0 Å². The number of carbonyl (C=O) groups is 1. The minimum Gasteiger partial charge on any atom is -0.287 e. The highest BCUT2D eigenvalue weighted by atomic mass is 32.1. The molecular formula is C17H6OS6. The lowest BCUT2D eigenvalue weighted by Crippen LogP contribution is -1.93. The zero-order chi connectivity index (χ0) is 15.8. The summed E-state index contributed by atoms with van der Waals surface area (Å²) < 4.78 is 10.3. The largest absolute Gasteiger partial charge is 0.287 e. The first-order chi connectivity index (χ1) is 11.8. The van der Waals surface area contributed by atoms with Crippen LogP contribution in [0.5, 0.6) is 0 Å². The third kappa shape index (κ3) is 1.85. The molecule has 7 heteroatoms. The van der Waals surface area contributed by atoms with Gasteiger partial charge in [-0.15, -0.1) is 68.0 Å². The molecule has 0 atom stereocenters. The molecule has 0 N–H and O–H groups in total. The van der Waals surface area contributed by atoms with E-state index in [2.05, 4.69) is 35.0 Å². The van der Waals surface area contributed by atoms with Crippen molar-refractivity contribution in [1.82, 2.24) is 0 Å². The average Bonchev–Trinajstić information content (AvgIpc) is 3.32. The molecule has 116 valence electrons. The Morgan fingerprint density at radius 2 is 1.12 bits per heavy atom. The zero-order valence-corrected chi connectivity index (χ0v) is 16.7. The van der Waals surface area contributed by atoms with Gasteiger partial charge in [-0.1, -0.05) is 0 Å². The van der Waals surface area contributed by atoms with E-state index in [9.17, 15) is 4.79 Å². The summed E-state index contributed by atoms with van der Waals surface area (Å²) in [5.41, 5.74) is 0. The second-order valence-electron chi connectivity index (χ2n) is 5.37. The zero-order valence-electron chi connectivity index (χ0n) is 11.8. The van der Waals surface area contributed by atoms with Crippen LogP contribution in [0.25, 0.3) is 37.6 Å². The van der Waals surface area contributed by atoms with E-state index in [0.717, 1.165) is 9.75 Å². The van der Waals surface area contributed by atoms with Crippen molar-refractivity contribution >= 4 is 111 Å². The molecule has 0 aliphatic heterocycles. The summed E-state index contributed by atoms with van der Waals surface area (Å²) in [5, 5.41) is 4.25. The van der Waals surface area contributed by atoms with Gasteiger partial charge in [-0.25, -0.2) is 0 Å². The third-order valence-electron chi connectivity index (χ3n) is 3.95. The molecule has 6 aromatic rings. The fraction of sp³-hybridized carbons (Fsp3) is 0. The second kappa shape index (κ2) is 4.97. The van der Waals surface area contributed by atoms with Crippen molar-refractivity contribution in [3.8, 4) is 0 Å². The SMILES string of the molecule is O=C(c1cc2sc3ccsc3c2s1)c1cc2sc3ccsc3c2s1. The lowest BCUT2D eigenvalue weighted by atomic mass is 10.2. The number of hydrogen-bond donors (Lipinski definition) is 0. The molecule has 0 fully saturated rings. The van der Waals surface area contributed by atoms with Gasteiger partial charge in [-0.3, -0.25) is 4.79 Å². The Balaban J connectivity index is 1.51. The van der Waals surface area contributed by atoms with Crippen molar-refractivity contribution < 1.29 is 4.79 Å². The van der Waals surface area contributed by atoms with Crippen LogP contribution in [0.3, 0.4) is 0 Å². The van der Waals surface area contributed by atoms with Gasteiger partial charge >= 0.3 is 0 Å². The maximum Gasteiger partial charge on any atom is 0.213 e. The smallest absolute Gasteiger partial charge is 0.213 e. The van der Waals surface area contributed by atoms with E-state index in [0.29, 0.717) is 0 Å². The summed E-state index contributed by atoms with van der Waals surface area (Å²) in [5.74, 6) is 0.172.